The lowest BCUT2D eigenvalue weighted by Gasteiger charge is -2.27. The van der Waals surface area contributed by atoms with Crippen LogP contribution in [0.4, 0.5) is 0 Å². The molecular formula is C30H49N3O9S. The number of hydrogen-bond donors (Lipinski definition) is 3. The molecule has 13 heteroatoms. The Bertz CT molecular complexity index is 971. The van der Waals surface area contributed by atoms with Gasteiger partial charge in [0, 0.05) is 37.2 Å². The van der Waals surface area contributed by atoms with Crippen LogP contribution in [0.5, 0.6) is 0 Å². The number of Topliss-reactive ketones (excluding diaryl/α,β-unsaturated/α-hetero) is 1. The van der Waals surface area contributed by atoms with Crippen molar-refractivity contribution in [2.75, 3.05) is 78.7 Å². The first-order valence-electron chi connectivity index (χ1n) is 14.4. The van der Waals surface area contributed by atoms with Crippen LogP contribution in [0.3, 0.4) is 0 Å². The summed E-state index contributed by atoms with van der Waals surface area (Å²) in [6.07, 6.45) is 2.06. The van der Waals surface area contributed by atoms with E-state index in [0.717, 1.165) is 5.56 Å². The molecule has 0 bridgehead atoms. The number of thioether (sulfide) groups is 1. The van der Waals surface area contributed by atoms with E-state index in [9.17, 15) is 19.2 Å². The van der Waals surface area contributed by atoms with Crippen LogP contribution in [0.25, 0.3) is 0 Å². The van der Waals surface area contributed by atoms with Gasteiger partial charge in [-0.05, 0) is 30.9 Å². The van der Waals surface area contributed by atoms with Crippen molar-refractivity contribution < 1.29 is 43.2 Å². The van der Waals surface area contributed by atoms with Gasteiger partial charge in [0.25, 0.3) is 5.91 Å². The highest BCUT2D eigenvalue weighted by Crippen LogP contribution is 2.17. The smallest absolute Gasteiger partial charge is 0.304 e. The Kier molecular flexibility index (Phi) is 19.7. The molecule has 0 saturated carbocycles. The van der Waals surface area contributed by atoms with Crippen molar-refractivity contribution in [2.45, 2.75) is 46.0 Å². The summed E-state index contributed by atoms with van der Waals surface area (Å²) in [4.78, 5) is 49.0. The molecule has 1 unspecified atom stereocenters. The average molecular weight is 628 g/mol. The fraction of sp³-hybridized carbons (Fsp3) is 0.667. The average Bonchev–Trinajstić information content (AvgIpc) is 2.96. The molecule has 12 nitrogen and oxygen atoms in total. The fourth-order valence-electron chi connectivity index (χ4n) is 3.41. The summed E-state index contributed by atoms with van der Waals surface area (Å²) in [6, 6.07) is 7.26. The molecule has 0 saturated heterocycles. The van der Waals surface area contributed by atoms with Crippen LogP contribution in [0.15, 0.2) is 24.3 Å². The van der Waals surface area contributed by atoms with Gasteiger partial charge in [-0.1, -0.05) is 32.9 Å². The standard InChI is InChI=1S/C30H49N3O9S/c1-23(43-5)33(13-10-28(36)37)20-24-6-8-25(9-7-24)29(38)32-12-15-40-17-19-42-22-27(35)31-11-14-39-16-18-41-21-26(34)30(2,3)4/h6-9,23H,10-22H2,1-5H3,(H,31,35)(H,32,38)(H,36,37). The van der Waals surface area contributed by atoms with Crippen LogP contribution in [-0.4, -0.2) is 118 Å². The summed E-state index contributed by atoms with van der Waals surface area (Å²) in [6.45, 7) is 11.1. The molecule has 244 valence electrons. The number of nitrogens with one attached hydrogen (secondary N) is 2. The predicted molar refractivity (Wildman–Crippen MR) is 165 cm³/mol. The first kappa shape index (κ1) is 38.5. The summed E-state index contributed by atoms with van der Waals surface area (Å²) in [7, 11) is 0. The van der Waals surface area contributed by atoms with E-state index in [1.165, 1.54) is 0 Å². The Balaban J connectivity index is 2.08. The molecule has 0 heterocycles. The van der Waals surface area contributed by atoms with Crippen LogP contribution >= 0.6 is 11.8 Å². The van der Waals surface area contributed by atoms with Crippen molar-refractivity contribution >= 4 is 35.3 Å². The summed E-state index contributed by atoms with van der Waals surface area (Å²) in [5.41, 5.74) is 1.11. The van der Waals surface area contributed by atoms with Gasteiger partial charge in [0.15, 0.2) is 5.78 Å². The Labute approximate surface area is 259 Å². The monoisotopic (exact) mass is 627 g/mol. The second-order valence-electron chi connectivity index (χ2n) is 10.8. The SMILES string of the molecule is CSC(C)N(CCC(=O)O)Cc1ccc(C(=O)NCCOCCOCC(=O)NCCOCCOCC(=O)C(C)(C)C)cc1. The van der Waals surface area contributed by atoms with Gasteiger partial charge in [0.1, 0.15) is 13.2 Å². The number of carboxylic acid groups (broad SMARTS) is 1. The number of rotatable bonds is 24. The third-order valence-corrected chi connectivity index (χ3v) is 7.20. The number of hydrogen-bond acceptors (Lipinski definition) is 10. The second-order valence-corrected chi connectivity index (χ2v) is 11.9. The number of nitrogens with zero attached hydrogens (tertiary/aromatic N) is 1. The van der Waals surface area contributed by atoms with Crippen LogP contribution in [-0.2, 0) is 39.9 Å². The second kappa shape index (κ2) is 22.0. The molecule has 1 atom stereocenters. The molecule has 0 spiro atoms. The molecule has 1 aromatic carbocycles. The highest BCUT2D eigenvalue weighted by Gasteiger charge is 2.20. The maximum atomic E-state index is 12.4. The number of carboxylic acids is 1. The summed E-state index contributed by atoms with van der Waals surface area (Å²) >= 11 is 1.65. The van der Waals surface area contributed by atoms with Crippen molar-refractivity contribution in [3.8, 4) is 0 Å². The number of aliphatic carboxylic acids is 1. The van der Waals surface area contributed by atoms with E-state index in [2.05, 4.69) is 15.5 Å². The summed E-state index contributed by atoms with van der Waals surface area (Å²) in [5.74, 6) is -1.27. The molecule has 3 N–H and O–H groups in total. The molecule has 0 fully saturated rings. The van der Waals surface area contributed by atoms with Gasteiger partial charge in [-0.2, -0.15) is 0 Å². The van der Waals surface area contributed by atoms with Gasteiger partial charge >= 0.3 is 5.97 Å². The van der Waals surface area contributed by atoms with E-state index in [0.29, 0.717) is 58.2 Å². The first-order valence-corrected chi connectivity index (χ1v) is 15.7. The Morgan fingerprint density at radius 1 is 0.860 bits per heavy atom. The largest absolute Gasteiger partial charge is 0.481 e. The summed E-state index contributed by atoms with van der Waals surface area (Å²) < 4.78 is 21.4. The lowest BCUT2D eigenvalue weighted by molar-refractivity contribution is -0.137. The van der Waals surface area contributed by atoms with Gasteiger partial charge in [-0.25, -0.2) is 0 Å². The van der Waals surface area contributed by atoms with Crippen molar-refractivity contribution in [3.05, 3.63) is 35.4 Å². The highest BCUT2D eigenvalue weighted by atomic mass is 32.2. The molecule has 0 aliphatic rings. The number of ketones is 1. The Hall–Kier alpha value is -2.55. The lowest BCUT2D eigenvalue weighted by atomic mass is 9.91. The molecule has 0 radical (unpaired) electrons. The highest BCUT2D eigenvalue weighted by molar-refractivity contribution is 7.99. The zero-order valence-electron chi connectivity index (χ0n) is 26.1. The molecular weight excluding hydrogens is 578 g/mol. The fourth-order valence-corrected chi connectivity index (χ4v) is 3.89. The number of amides is 2. The van der Waals surface area contributed by atoms with Gasteiger partial charge in [-0.3, -0.25) is 24.1 Å². The van der Waals surface area contributed by atoms with Crippen LogP contribution in [0.2, 0.25) is 0 Å². The lowest BCUT2D eigenvalue weighted by Crippen LogP contribution is -2.32. The topological polar surface area (TPSA) is 153 Å². The van der Waals surface area contributed by atoms with Gasteiger partial charge in [0.05, 0.1) is 51.4 Å². The zero-order chi connectivity index (χ0) is 32.1. The maximum Gasteiger partial charge on any atom is 0.304 e. The van der Waals surface area contributed by atoms with E-state index in [1.807, 2.05) is 46.1 Å². The minimum atomic E-state index is -0.825. The van der Waals surface area contributed by atoms with E-state index in [1.54, 1.807) is 23.9 Å². The van der Waals surface area contributed by atoms with E-state index < -0.39 is 11.4 Å². The van der Waals surface area contributed by atoms with Crippen molar-refractivity contribution in [3.63, 3.8) is 0 Å². The predicted octanol–water partition coefficient (Wildman–Crippen LogP) is 2.20. The number of carbonyl (C=O) groups excluding carboxylic acids is 3. The maximum absolute atomic E-state index is 12.4. The van der Waals surface area contributed by atoms with Crippen molar-refractivity contribution in [1.82, 2.24) is 15.5 Å². The molecule has 1 rings (SSSR count). The molecule has 1 aromatic rings. The summed E-state index contributed by atoms with van der Waals surface area (Å²) in [5, 5.41) is 14.7. The third-order valence-electron chi connectivity index (χ3n) is 6.22. The van der Waals surface area contributed by atoms with Gasteiger partial charge < -0.3 is 34.7 Å². The van der Waals surface area contributed by atoms with Gasteiger partial charge in [-0.15, -0.1) is 11.8 Å². The minimum absolute atomic E-state index is 0.0350. The van der Waals surface area contributed by atoms with Crippen molar-refractivity contribution in [1.29, 1.82) is 0 Å². The molecule has 0 aliphatic heterocycles. The van der Waals surface area contributed by atoms with E-state index >= 15 is 0 Å². The Morgan fingerprint density at radius 2 is 1.42 bits per heavy atom. The number of ether oxygens (including phenoxy) is 4. The normalized spacial score (nSPS) is 12.2. The number of carbonyl (C=O) groups is 4. The Morgan fingerprint density at radius 3 is 1.98 bits per heavy atom. The van der Waals surface area contributed by atoms with Gasteiger partial charge in [0.2, 0.25) is 5.91 Å². The third kappa shape index (κ3) is 18.7. The van der Waals surface area contributed by atoms with Crippen LogP contribution in [0, 0.1) is 5.41 Å². The van der Waals surface area contributed by atoms with Crippen LogP contribution < -0.4 is 10.6 Å². The molecule has 0 aliphatic carbocycles. The molecule has 0 aromatic heterocycles. The van der Waals surface area contributed by atoms with Crippen LogP contribution in [0.1, 0.15) is 50.0 Å². The number of benzene rings is 1. The van der Waals surface area contributed by atoms with Crippen molar-refractivity contribution in [2.24, 2.45) is 5.41 Å². The van der Waals surface area contributed by atoms with E-state index in [-0.39, 0.29) is 55.8 Å². The zero-order valence-corrected chi connectivity index (χ0v) is 27.0. The quantitative estimate of drug-likeness (QED) is 0.114. The van der Waals surface area contributed by atoms with E-state index in [4.69, 9.17) is 24.1 Å². The molecule has 2 amide bonds. The minimum Gasteiger partial charge on any atom is -0.481 e. The molecule has 43 heavy (non-hydrogen) atoms. The first-order chi connectivity index (χ1) is 20.4.